The zero-order valence-corrected chi connectivity index (χ0v) is 16.9. The lowest BCUT2D eigenvalue weighted by atomic mass is 10.2. The molecular formula is C21H18N4O4S. The number of carbonyl (C=O) groups is 3. The SMILES string of the molecule is CCOC(=O)c1ccc(N2C(=O)C[C@H](SC(=Nc3ccccc3)NC#N)C2=O)cc1. The number of amides is 2. The van der Waals surface area contributed by atoms with Crippen molar-refractivity contribution >= 4 is 46.1 Å². The molecule has 1 atom stereocenters. The molecule has 1 aliphatic heterocycles. The zero-order valence-electron chi connectivity index (χ0n) is 16.1. The molecule has 2 aromatic rings. The Kier molecular flexibility index (Phi) is 6.83. The second-order valence-electron chi connectivity index (χ2n) is 6.13. The minimum absolute atomic E-state index is 0.0238. The number of rotatable bonds is 5. The Morgan fingerprint density at radius 3 is 2.57 bits per heavy atom. The molecule has 1 aliphatic rings. The van der Waals surface area contributed by atoms with Crippen molar-refractivity contribution in [3.63, 3.8) is 0 Å². The van der Waals surface area contributed by atoms with E-state index in [1.807, 2.05) is 6.07 Å². The molecule has 3 rings (SSSR count). The molecule has 2 amide bonds. The number of imide groups is 1. The molecule has 0 radical (unpaired) electrons. The van der Waals surface area contributed by atoms with Crippen molar-refractivity contribution in [2.24, 2.45) is 4.99 Å². The van der Waals surface area contributed by atoms with E-state index in [0.717, 1.165) is 16.7 Å². The Hall–Kier alpha value is -3.64. The molecule has 1 fully saturated rings. The van der Waals surface area contributed by atoms with Crippen LogP contribution in [-0.2, 0) is 14.3 Å². The monoisotopic (exact) mass is 422 g/mol. The number of aliphatic imine (C=N–C) groups is 1. The quantitative estimate of drug-likeness (QED) is 0.197. The number of hydrogen-bond donors (Lipinski definition) is 1. The molecule has 0 spiro atoms. The van der Waals surface area contributed by atoms with Crippen molar-refractivity contribution in [1.82, 2.24) is 5.32 Å². The molecule has 152 valence electrons. The Labute approximate surface area is 177 Å². The second kappa shape index (κ2) is 9.71. The second-order valence-corrected chi connectivity index (χ2v) is 7.33. The predicted molar refractivity (Wildman–Crippen MR) is 113 cm³/mol. The number of esters is 1. The highest BCUT2D eigenvalue weighted by atomic mass is 32.2. The normalized spacial score (nSPS) is 16.3. The van der Waals surface area contributed by atoms with E-state index in [9.17, 15) is 14.4 Å². The summed E-state index contributed by atoms with van der Waals surface area (Å²) in [7, 11) is 0. The maximum Gasteiger partial charge on any atom is 0.338 e. The largest absolute Gasteiger partial charge is 0.462 e. The highest BCUT2D eigenvalue weighted by Gasteiger charge is 2.40. The fraction of sp³-hybridized carbons (Fsp3) is 0.190. The van der Waals surface area contributed by atoms with Crippen LogP contribution in [0.2, 0.25) is 0 Å². The van der Waals surface area contributed by atoms with Gasteiger partial charge in [0.2, 0.25) is 11.8 Å². The lowest BCUT2D eigenvalue weighted by Gasteiger charge is -2.15. The van der Waals surface area contributed by atoms with E-state index in [2.05, 4.69) is 10.3 Å². The molecule has 1 N–H and O–H groups in total. The van der Waals surface area contributed by atoms with Gasteiger partial charge in [-0.05, 0) is 43.3 Å². The van der Waals surface area contributed by atoms with Crippen molar-refractivity contribution in [3.8, 4) is 6.19 Å². The summed E-state index contributed by atoms with van der Waals surface area (Å²) in [4.78, 5) is 42.5. The minimum Gasteiger partial charge on any atom is -0.462 e. The number of ether oxygens (including phenoxy) is 1. The van der Waals surface area contributed by atoms with Crippen LogP contribution in [0.4, 0.5) is 11.4 Å². The summed E-state index contributed by atoms with van der Waals surface area (Å²) in [5.41, 5.74) is 1.32. The van der Waals surface area contributed by atoms with Crippen LogP contribution in [0.1, 0.15) is 23.7 Å². The van der Waals surface area contributed by atoms with Gasteiger partial charge in [-0.1, -0.05) is 30.0 Å². The highest BCUT2D eigenvalue weighted by Crippen LogP contribution is 2.31. The van der Waals surface area contributed by atoms with Crippen LogP contribution in [0.3, 0.4) is 0 Å². The Morgan fingerprint density at radius 2 is 1.93 bits per heavy atom. The summed E-state index contributed by atoms with van der Waals surface area (Å²) in [5.74, 6) is -1.24. The average Bonchev–Trinajstić information content (AvgIpc) is 3.02. The molecule has 9 heteroatoms. The zero-order chi connectivity index (χ0) is 21.5. The fourth-order valence-electron chi connectivity index (χ4n) is 2.81. The summed E-state index contributed by atoms with van der Waals surface area (Å²) in [6.45, 7) is 1.97. The van der Waals surface area contributed by atoms with E-state index in [0.29, 0.717) is 16.9 Å². The van der Waals surface area contributed by atoms with Crippen LogP contribution in [-0.4, -0.2) is 34.8 Å². The molecule has 0 bridgehead atoms. The molecule has 0 saturated carbocycles. The maximum absolute atomic E-state index is 12.9. The van der Waals surface area contributed by atoms with Crippen molar-refractivity contribution in [2.45, 2.75) is 18.6 Å². The van der Waals surface area contributed by atoms with Crippen molar-refractivity contribution in [1.29, 1.82) is 5.26 Å². The number of thioether (sulfide) groups is 1. The van der Waals surface area contributed by atoms with Crippen LogP contribution in [0.25, 0.3) is 0 Å². The van der Waals surface area contributed by atoms with E-state index in [1.54, 1.807) is 37.4 Å². The number of hydrogen-bond acceptors (Lipinski definition) is 7. The summed E-state index contributed by atoms with van der Waals surface area (Å²) in [6.07, 6.45) is 1.78. The predicted octanol–water partition coefficient (Wildman–Crippen LogP) is 2.99. The number of benzene rings is 2. The highest BCUT2D eigenvalue weighted by molar-refractivity contribution is 8.15. The topological polar surface area (TPSA) is 112 Å². The van der Waals surface area contributed by atoms with Gasteiger partial charge >= 0.3 is 5.97 Å². The van der Waals surface area contributed by atoms with Crippen molar-refractivity contribution in [3.05, 3.63) is 60.2 Å². The molecule has 0 unspecified atom stereocenters. The molecule has 0 aromatic heterocycles. The molecule has 0 aliphatic carbocycles. The Bertz CT molecular complexity index is 1020. The summed E-state index contributed by atoms with van der Waals surface area (Å²) < 4.78 is 4.93. The van der Waals surface area contributed by atoms with Crippen LogP contribution in [0.15, 0.2) is 59.6 Å². The van der Waals surface area contributed by atoms with Gasteiger partial charge in [-0.3, -0.25) is 14.9 Å². The number of nitrogens with zero attached hydrogens (tertiary/aromatic N) is 3. The number of anilines is 1. The van der Waals surface area contributed by atoms with Gasteiger partial charge in [-0.25, -0.2) is 14.7 Å². The van der Waals surface area contributed by atoms with Gasteiger partial charge in [-0.2, -0.15) is 5.26 Å². The third-order valence-electron chi connectivity index (χ3n) is 4.15. The molecule has 30 heavy (non-hydrogen) atoms. The van der Waals surface area contributed by atoms with Gasteiger partial charge < -0.3 is 4.74 Å². The van der Waals surface area contributed by atoms with E-state index >= 15 is 0 Å². The van der Waals surface area contributed by atoms with Gasteiger partial charge in [0, 0.05) is 6.42 Å². The lowest BCUT2D eigenvalue weighted by Crippen LogP contribution is -2.32. The molecule has 2 aromatic carbocycles. The number of carbonyl (C=O) groups excluding carboxylic acids is 3. The first-order valence-electron chi connectivity index (χ1n) is 9.13. The molecular weight excluding hydrogens is 404 g/mol. The first-order chi connectivity index (χ1) is 14.5. The van der Waals surface area contributed by atoms with Crippen molar-refractivity contribution < 1.29 is 19.1 Å². The van der Waals surface area contributed by atoms with E-state index in [-0.39, 0.29) is 24.1 Å². The average molecular weight is 422 g/mol. The summed E-state index contributed by atoms with van der Waals surface area (Å²) in [5, 5.41) is 11.0. The van der Waals surface area contributed by atoms with Gasteiger partial charge in [0.05, 0.1) is 23.5 Å². The van der Waals surface area contributed by atoms with Crippen molar-refractivity contribution in [2.75, 3.05) is 11.5 Å². The lowest BCUT2D eigenvalue weighted by molar-refractivity contribution is -0.121. The molecule has 1 heterocycles. The number of para-hydroxylation sites is 1. The smallest absolute Gasteiger partial charge is 0.338 e. The van der Waals surface area contributed by atoms with E-state index < -0.39 is 17.1 Å². The van der Waals surface area contributed by atoms with Crippen LogP contribution >= 0.6 is 11.8 Å². The van der Waals surface area contributed by atoms with E-state index in [1.165, 1.54) is 24.3 Å². The third-order valence-corrected chi connectivity index (χ3v) is 5.21. The number of amidine groups is 1. The van der Waals surface area contributed by atoms with Gasteiger partial charge in [0.25, 0.3) is 0 Å². The van der Waals surface area contributed by atoms with Crippen LogP contribution in [0.5, 0.6) is 0 Å². The summed E-state index contributed by atoms with van der Waals surface area (Å²) >= 11 is 1.03. The van der Waals surface area contributed by atoms with Crippen LogP contribution < -0.4 is 10.2 Å². The molecule has 8 nitrogen and oxygen atoms in total. The molecule has 1 saturated heterocycles. The fourth-order valence-corrected chi connectivity index (χ4v) is 3.78. The maximum atomic E-state index is 12.9. The summed E-state index contributed by atoms with van der Waals surface area (Å²) in [6, 6.07) is 15.1. The first-order valence-corrected chi connectivity index (χ1v) is 10.0. The van der Waals surface area contributed by atoms with Gasteiger partial charge in [0.1, 0.15) is 5.25 Å². The number of nitrogens with one attached hydrogen (secondary N) is 1. The van der Waals surface area contributed by atoms with Crippen LogP contribution in [0, 0.1) is 11.5 Å². The minimum atomic E-state index is -0.717. The van der Waals surface area contributed by atoms with Gasteiger partial charge in [-0.15, -0.1) is 0 Å². The Balaban J connectivity index is 1.76. The third kappa shape index (κ3) is 4.85. The standard InChI is InChI=1S/C21H18N4O4S/c1-2-29-20(28)14-8-10-16(11-9-14)25-18(26)12-17(19(25)27)30-21(23-13-22)24-15-6-4-3-5-7-15/h3-11,17H,2,12H2,1H3,(H,23,24)/t17-/m0/s1. The van der Waals surface area contributed by atoms with E-state index in [4.69, 9.17) is 10.00 Å². The van der Waals surface area contributed by atoms with Gasteiger partial charge in [0.15, 0.2) is 11.4 Å². The Morgan fingerprint density at radius 1 is 1.23 bits per heavy atom. The first kappa shape index (κ1) is 21.1. The number of nitriles is 1.